The Balaban J connectivity index is 2.33. The molecule has 0 aliphatic heterocycles. The smallest absolute Gasteiger partial charge is 0.308 e. The second kappa shape index (κ2) is 9.21. The van der Waals surface area contributed by atoms with Crippen molar-refractivity contribution in [3.63, 3.8) is 0 Å². The molecule has 0 bridgehead atoms. The Bertz CT molecular complexity index is 348. The van der Waals surface area contributed by atoms with Gasteiger partial charge in [0.15, 0.2) is 0 Å². The third-order valence-corrected chi connectivity index (χ3v) is 3.99. The molecule has 0 heterocycles. The van der Waals surface area contributed by atoms with Crippen LogP contribution < -0.4 is 5.73 Å². The number of hydroxylamine groups is 2. The first-order valence-corrected chi connectivity index (χ1v) is 7.56. The van der Waals surface area contributed by atoms with Gasteiger partial charge in [-0.2, -0.15) is 0 Å². The average Bonchev–Trinajstić information content (AvgIpc) is 2.42. The second-order valence-electron chi connectivity index (χ2n) is 4.71. The summed E-state index contributed by atoms with van der Waals surface area (Å²) >= 11 is 1.14. The molecule has 2 unspecified atom stereocenters. The van der Waals surface area contributed by atoms with Crippen LogP contribution in [0.5, 0.6) is 0 Å². The molecule has 0 saturated heterocycles. The quantitative estimate of drug-likeness (QED) is 0.319. The van der Waals surface area contributed by atoms with E-state index >= 15 is 0 Å². The maximum atomic E-state index is 11.3. The van der Waals surface area contributed by atoms with Gasteiger partial charge >= 0.3 is 5.97 Å². The maximum Gasteiger partial charge on any atom is 0.308 e. The van der Waals surface area contributed by atoms with Gasteiger partial charge in [0, 0.05) is 23.3 Å². The van der Waals surface area contributed by atoms with Crippen LogP contribution in [0.1, 0.15) is 39.0 Å². The zero-order chi connectivity index (χ0) is 15.0. The summed E-state index contributed by atoms with van der Waals surface area (Å²) in [6.07, 6.45) is 9.07. The first-order chi connectivity index (χ1) is 9.56. The van der Waals surface area contributed by atoms with Crippen LogP contribution in [0.4, 0.5) is 0 Å². The highest BCUT2D eigenvalue weighted by atomic mass is 32.2. The number of carbonyl (C=O) groups is 1. The Morgan fingerprint density at radius 3 is 3.00 bits per heavy atom. The Morgan fingerprint density at radius 1 is 1.65 bits per heavy atom. The topological polar surface area (TPSA) is 85.0 Å². The molecule has 1 fully saturated rings. The third kappa shape index (κ3) is 6.11. The predicted octanol–water partition coefficient (Wildman–Crippen LogP) is 1.48. The molecular weight excluding hydrogens is 280 g/mol. The SMILES string of the molecule is C#C[C@H](CC(=O)OCC)N(O)OSC1CCCC(N)C1. The molecular formula is C13H22N2O4S. The molecule has 0 aromatic carbocycles. The van der Waals surface area contributed by atoms with E-state index in [1.807, 2.05) is 0 Å². The maximum absolute atomic E-state index is 11.3. The minimum absolute atomic E-state index is 0.119. The second-order valence-corrected chi connectivity index (χ2v) is 5.72. The largest absolute Gasteiger partial charge is 0.466 e. The zero-order valence-electron chi connectivity index (χ0n) is 11.7. The van der Waals surface area contributed by atoms with E-state index < -0.39 is 12.0 Å². The highest BCUT2D eigenvalue weighted by Gasteiger charge is 2.24. The van der Waals surface area contributed by atoms with E-state index in [1.54, 1.807) is 6.92 Å². The highest BCUT2D eigenvalue weighted by molar-refractivity contribution is 7.95. The molecule has 6 nitrogen and oxygen atoms in total. The molecule has 1 saturated carbocycles. The number of rotatable bonds is 7. The van der Waals surface area contributed by atoms with Crippen LogP contribution >= 0.6 is 12.0 Å². The fraction of sp³-hybridized carbons (Fsp3) is 0.769. The van der Waals surface area contributed by atoms with E-state index in [1.165, 1.54) is 0 Å². The van der Waals surface area contributed by atoms with Crippen molar-refractivity contribution in [2.75, 3.05) is 6.61 Å². The molecule has 0 aromatic heterocycles. The van der Waals surface area contributed by atoms with Gasteiger partial charge in [0.1, 0.15) is 6.04 Å². The molecule has 20 heavy (non-hydrogen) atoms. The Morgan fingerprint density at radius 2 is 2.40 bits per heavy atom. The molecule has 0 radical (unpaired) electrons. The van der Waals surface area contributed by atoms with E-state index in [9.17, 15) is 10.0 Å². The van der Waals surface area contributed by atoms with Crippen molar-refractivity contribution < 1.29 is 19.0 Å². The number of esters is 1. The summed E-state index contributed by atoms with van der Waals surface area (Å²) in [6.45, 7) is 1.98. The van der Waals surface area contributed by atoms with Crippen molar-refractivity contribution in [2.45, 2.75) is 56.4 Å². The molecule has 1 aliphatic rings. The summed E-state index contributed by atoms with van der Waals surface area (Å²) in [5.74, 6) is 1.83. The minimum Gasteiger partial charge on any atom is -0.466 e. The van der Waals surface area contributed by atoms with Crippen LogP contribution in [-0.4, -0.2) is 40.3 Å². The van der Waals surface area contributed by atoms with E-state index in [-0.39, 0.29) is 24.3 Å². The van der Waals surface area contributed by atoms with Crippen LogP contribution in [0.2, 0.25) is 0 Å². The predicted molar refractivity (Wildman–Crippen MR) is 76.4 cm³/mol. The fourth-order valence-corrected chi connectivity index (χ4v) is 2.91. The summed E-state index contributed by atoms with van der Waals surface area (Å²) < 4.78 is 9.94. The molecule has 0 amide bonds. The van der Waals surface area contributed by atoms with Crippen molar-refractivity contribution in [3.8, 4) is 12.3 Å². The number of hydrogen-bond acceptors (Lipinski definition) is 7. The van der Waals surface area contributed by atoms with Gasteiger partial charge in [-0.15, -0.1) is 6.42 Å². The highest BCUT2D eigenvalue weighted by Crippen LogP contribution is 2.29. The molecule has 0 spiro atoms. The van der Waals surface area contributed by atoms with Crippen LogP contribution in [0.25, 0.3) is 0 Å². The number of terminal acetylenes is 1. The lowest BCUT2D eigenvalue weighted by atomic mass is 9.96. The van der Waals surface area contributed by atoms with Gasteiger partial charge in [-0.25, -0.2) is 4.28 Å². The molecule has 1 rings (SSSR count). The average molecular weight is 302 g/mol. The van der Waals surface area contributed by atoms with Crippen LogP contribution in [0, 0.1) is 12.3 Å². The lowest BCUT2D eigenvalue weighted by Gasteiger charge is -2.27. The lowest BCUT2D eigenvalue weighted by Crippen LogP contribution is -2.34. The van der Waals surface area contributed by atoms with Gasteiger partial charge < -0.3 is 10.5 Å². The lowest BCUT2D eigenvalue weighted by molar-refractivity contribution is -0.289. The van der Waals surface area contributed by atoms with Crippen molar-refractivity contribution >= 4 is 18.0 Å². The van der Waals surface area contributed by atoms with Gasteiger partial charge in [-0.05, 0) is 31.4 Å². The minimum atomic E-state index is -0.862. The summed E-state index contributed by atoms with van der Waals surface area (Å²) in [6, 6.07) is -0.682. The molecule has 7 heteroatoms. The summed E-state index contributed by atoms with van der Waals surface area (Å²) in [5, 5.41) is 10.5. The Kier molecular flexibility index (Phi) is 7.95. The van der Waals surface area contributed by atoms with Crippen LogP contribution in [0.3, 0.4) is 0 Å². The van der Waals surface area contributed by atoms with Crippen molar-refractivity contribution in [1.82, 2.24) is 5.23 Å². The zero-order valence-corrected chi connectivity index (χ0v) is 12.5. The standard InChI is InChI=1S/C13H22N2O4S/c1-3-11(9-13(16)18-4-2)15(17)19-20-12-7-5-6-10(14)8-12/h1,10-12,17H,4-9,14H2,2H3/t10?,11-,12?/m1/s1. The molecule has 3 atom stereocenters. The first kappa shape index (κ1) is 17.3. The number of nitrogens with zero attached hydrogens (tertiary/aromatic N) is 1. The summed E-state index contributed by atoms with van der Waals surface area (Å²) in [4.78, 5) is 11.3. The number of carbonyl (C=O) groups excluding carboxylic acids is 1. The van der Waals surface area contributed by atoms with E-state index in [2.05, 4.69) is 5.92 Å². The number of hydrogen-bond donors (Lipinski definition) is 2. The molecule has 3 N–H and O–H groups in total. The Labute approximate surface area is 124 Å². The summed E-state index contributed by atoms with van der Waals surface area (Å²) in [7, 11) is 0. The van der Waals surface area contributed by atoms with Gasteiger partial charge in [-0.1, -0.05) is 12.3 Å². The van der Waals surface area contributed by atoms with E-state index in [0.717, 1.165) is 37.7 Å². The van der Waals surface area contributed by atoms with Crippen molar-refractivity contribution in [2.24, 2.45) is 5.73 Å². The van der Waals surface area contributed by atoms with E-state index in [4.69, 9.17) is 21.2 Å². The monoisotopic (exact) mass is 302 g/mol. The van der Waals surface area contributed by atoms with Crippen LogP contribution in [0.15, 0.2) is 0 Å². The normalized spacial score (nSPS) is 24.1. The molecule has 114 valence electrons. The van der Waals surface area contributed by atoms with Crippen LogP contribution in [-0.2, 0) is 13.8 Å². The van der Waals surface area contributed by atoms with Gasteiger partial charge in [0.05, 0.1) is 13.0 Å². The van der Waals surface area contributed by atoms with Gasteiger partial charge in [0.2, 0.25) is 0 Å². The van der Waals surface area contributed by atoms with Gasteiger partial charge in [-0.3, -0.25) is 10.0 Å². The van der Waals surface area contributed by atoms with Crippen molar-refractivity contribution in [1.29, 1.82) is 0 Å². The number of ether oxygens (including phenoxy) is 1. The van der Waals surface area contributed by atoms with Gasteiger partial charge in [0.25, 0.3) is 0 Å². The Hall–Kier alpha value is -0.780. The molecule has 1 aliphatic carbocycles. The first-order valence-electron chi connectivity index (χ1n) is 6.75. The number of nitrogens with two attached hydrogens (primary N) is 1. The fourth-order valence-electron chi connectivity index (χ4n) is 2.00. The third-order valence-electron chi connectivity index (χ3n) is 3.05. The molecule has 0 aromatic rings. The van der Waals surface area contributed by atoms with E-state index in [0.29, 0.717) is 5.23 Å². The van der Waals surface area contributed by atoms with Crippen molar-refractivity contribution in [3.05, 3.63) is 0 Å². The summed E-state index contributed by atoms with van der Waals surface area (Å²) in [5.41, 5.74) is 5.88.